The number of thiophene rings is 1. The SMILES string of the molecule is Cc1ccsc1C(=O)NNC(=O)c1cccc(O)c1. The fraction of sp³-hybridized carbons (Fsp3) is 0.0769. The summed E-state index contributed by atoms with van der Waals surface area (Å²) in [7, 11) is 0. The van der Waals surface area contributed by atoms with Gasteiger partial charge < -0.3 is 5.11 Å². The van der Waals surface area contributed by atoms with E-state index in [0.717, 1.165) is 5.56 Å². The minimum absolute atomic E-state index is 0.00641. The van der Waals surface area contributed by atoms with Crippen LogP contribution in [0.4, 0.5) is 0 Å². The van der Waals surface area contributed by atoms with E-state index in [-0.39, 0.29) is 17.2 Å². The molecular weight excluding hydrogens is 264 g/mol. The van der Waals surface area contributed by atoms with Gasteiger partial charge in [0, 0.05) is 5.56 Å². The van der Waals surface area contributed by atoms with Crippen molar-refractivity contribution in [3.05, 3.63) is 51.7 Å². The van der Waals surface area contributed by atoms with E-state index in [4.69, 9.17) is 0 Å². The van der Waals surface area contributed by atoms with Gasteiger partial charge >= 0.3 is 0 Å². The molecular formula is C13H12N2O3S. The fourth-order valence-electron chi connectivity index (χ4n) is 1.49. The number of aryl methyl sites for hydroxylation is 1. The molecule has 2 rings (SSSR count). The molecule has 1 aromatic carbocycles. The molecule has 1 heterocycles. The number of phenolic OH excluding ortho intramolecular Hbond substituents is 1. The molecule has 0 bridgehead atoms. The number of benzene rings is 1. The third kappa shape index (κ3) is 3.11. The number of hydrazine groups is 1. The molecule has 5 nitrogen and oxygen atoms in total. The van der Waals surface area contributed by atoms with E-state index in [1.807, 2.05) is 13.0 Å². The Morgan fingerprint density at radius 1 is 1.16 bits per heavy atom. The summed E-state index contributed by atoms with van der Waals surface area (Å²) in [5, 5.41) is 11.1. The Balaban J connectivity index is 1.98. The Morgan fingerprint density at radius 3 is 2.53 bits per heavy atom. The lowest BCUT2D eigenvalue weighted by Gasteiger charge is -2.07. The van der Waals surface area contributed by atoms with Gasteiger partial charge in [0.15, 0.2) is 0 Å². The third-order valence-corrected chi connectivity index (χ3v) is 3.48. The summed E-state index contributed by atoms with van der Waals surface area (Å²) in [4.78, 5) is 24.0. The van der Waals surface area contributed by atoms with Crippen molar-refractivity contribution in [2.45, 2.75) is 6.92 Å². The van der Waals surface area contributed by atoms with Gasteiger partial charge in [0.1, 0.15) is 5.75 Å². The first-order chi connectivity index (χ1) is 9.08. The zero-order valence-corrected chi connectivity index (χ0v) is 11.0. The van der Waals surface area contributed by atoms with Crippen molar-refractivity contribution in [3.63, 3.8) is 0 Å². The average molecular weight is 276 g/mol. The van der Waals surface area contributed by atoms with Crippen LogP contribution in [0.15, 0.2) is 35.7 Å². The molecule has 0 saturated heterocycles. The lowest BCUT2D eigenvalue weighted by Crippen LogP contribution is -2.41. The normalized spacial score (nSPS) is 9.95. The summed E-state index contributed by atoms with van der Waals surface area (Å²) in [5.74, 6) is -0.854. The maximum atomic E-state index is 11.8. The second-order valence-electron chi connectivity index (χ2n) is 3.89. The summed E-state index contributed by atoms with van der Waals surface area (Å²) >= 11 is 1.30. The molecule has 98 valence electrons. The zero-order chi connectivity index (χ0) is 13.8. The molecule has 0 saturated carbocycles. The Hall–Kier alpha value is -2.34. The monoisotopic (exact) mass is 276 g/mol. The Bertz CT molecular complexity index is 622. The number of hydrogen-bond acceptors (Lipinski definition) is 4. The Kier molecular flexibility index (Phi) is 3.82. The van der Waals surface area contributed by atoms with Crippen LogP contribution in [0.2, 0.25) is 0 Å². The van der Waals surface area contributed by atoms with Crippen molar-refractivity contribution in [2.75, 3.05) is 0 Å². The molecule has 0 unspecified atom stereocenters. The Labute approximate surface area is 113 Å². The number of aromatic hydroxyl groups is 1. The topological polar surface area (TPSA) is 78.4 Å². The highest BCUT2D eigenvalue weighted by atomic mass is 32.1. The van der Waals surface area contributed by atoms with E-state index < -0.39 is 5.91 Å². The Morgan fingerprint density at radius 2 is 1.89 bits per heavy atom. The fourth-order valence-corrected chi connectivity index (χ4v) is 2.32. The van der Waals surface area contributed by atoms with Crippen LogP contribution in [0.1, 0.15) is 25.6 Å². The summed E-state index contributed by atoms with van der Waals surface area (Å²) in [6.07, 6.45) is 0. The predicted molar refractivity (Wildman–Crippen MR) is 72.1 cm³/mol. The van der Waals surface area contributed by atoms with Crippen LogP contribution in [0.3, 0.4) is 0 Å². The minimum atomic E-state index is -0.488. The van der Waals surface area contributed by atoms with Crippen molar-refractivity contribution < 1.29 is 14.7 Å². The lowest BCUT2D eigenvalue weighted by molar-refractivity contribution is 0.0848. The molecule has 0 aliphatic carbocycles. The van der Waals surface area contributed by atoms with E-state index >= 15 is 0 Å². The molecule has 6 heteroatoms. The van der Waals surface area contributed by atoms with Crippen molar-refractivity contribution in [1.29, 1.82) is 0 Å². The van der Waals surface area contributed by atoms with Gasteiger partial charge in [-0.05, 0) is 42.1 Å². The molecule has 0 aliphatic rings. The first-order valence-corrected chi connectivity index (χ1v) is 6.39. The number of hydrogen-bond donors (Lipinski definition) is 3. The molecule has 0 spiro atoms. The molecule has 19 heavy (non-hydrogen) atoms. The van der Waals surface area contributed by atoms with Crippen molar-refractivity contribution in [2.24, 2.45) is 0 Å². The molecule has 0 radical (unpaired) electrons. The summed E-state index contributed by atoms with van der Waals surface area (Å²) in [6.45, 7) is 1.82. The van der Waals surface area contributed by atoms with Crippen molar-refractivity contribution in [1.82, 2.24) is 10.9 Å². The highest BCUT2D eigenvalue weighted by molar-refractivity contribution is 7.12. The third-order valence-electron chi connectivity index (χ3n) is 2.47. The minimum Gasteiger partial charge on any atom is -0.508 e. The number of amides is 2. The number of carbonyl (C=O) groups excluding carboxylic acids is 2. The summed E-state index contributed by atoms with van der Waals surface area (Å²) < 4.78 is 0. The van der Waals surface area contributed by atoms with Gasteiger partial charge in [-0.2, -0.15) is 0 Å². The summed E-state index contributed by atoms with van der Waals surface area (Å²) in [6, 6.07) is 7.70. The van der Waals surface area contributed by atoms with Crippen LogP contribution in [0.25, 0.3) is 0 Å². The average Bonchev–Trinajstić information content (AvgIpc) is 2.82. The van der Waals surface area contributed by atoms with Gasteiger partial charge in [-0.25, -0.2) is 0 Å². The maximum Gasteiger partial charge on any atom is 0.280 e. The van der Waals surface area contributed by atoms with Gasteiger partial charge in [0.05, 0.1) is 4.88 Å². The van der Waals surface area contributed by atoms with Crippen LogP contribution in [-0.4, -0.2) is 16.9 Å². The van der Waals surface area contributed by atoms with Crippen LogP contribution in [0.5, 0.6) is 5.75 Å². The zero-order valence-electron chi connectivity index (χ0n) is 10.1. The van der Waals surface area contributed by atoms with Gasteiger partial charge in [0.25, 0.3) is 11.8 Å². The predicted octanol–water partition coefficient (Wildman–Crippen LogP) is 1.84. The molecule has 0 fully saturated rings. The van der Waals surface area contributed by atoms with Crippen LogP contribution < -0.4 is 10.9 Å². The van der Waals surface area contributed by atoms with Crippen molar-refractivity contribution in [3.8, 4) is 5.75 Å². The van der Waals surface area contributed by atoms with Crippen molar-refractivity contribution >= 4 is 23.2 Å². The van der Waals surface area contributed by atoms with Gasteiger partial charge in [-0.15, -0.1) is 11.3 Å². The molecule has 1 aromatic heterocycles. The van der Waals surface area contributed by atoms with E-state index in [2.05, 4.69) is 10.9 Å². The first kappa shape index (κ1) is 13.1. The maximum absolute atomic E-state index is 11.8. The largest absolute Gasteiger partial charge is 0.508 e. The number of rotatable bonds is 2. The van der Waals surface area contributed by atoms with Gasteiger partial charge in [0.2, 0.25) is 0 Å². The quantitative estimate of drug-likeness (QED) is 0.732. The van der Waals surface area contributed by atoms with Gasteiger partial charge in [-0.3, -0.25) is 20.4 Å². The van der Waals surface area contributed by atoms with E-state index in [1.54, 1.807) is 11.4 Å². The lowest BCUT2D eigenvalue weighted by atomic mass is 10.2. The van der Waals surface area contributed by atoms with Crippen LogP contribution in [-0.2, 0) is 0 Å². The number of carbonyl (C=O) groups is 2. The number of phenols is 1. The second kappa shape index (κ2) is 5.53. The van der Waals surface area contributed by atoms with Crippen LogP contribution in [0, 0.1) is 6.92 Å². The molecule has 0 aliphatic heterocycles. The van der Waals surface area contributed by atoms with E-state index in [9.17, 15) is 14.7 Å². The summed E-state index contributed by atoms with van der Waals surface area (Å²) in [5.41, 5.74) is 5.75. The first-order valence-electron chi connectivity index (χ1n) is 5.52. The molecule has 2 aromatic rings. The van der Waals surface area contributed by atoms with Crippen LogP contribution >= 0.6 is 11.3 Å². The second-order valence-corrected chi connectivity index (χ2v) is 4.81. The molecule has 2 amide bonds. The van der Waals surface area contributed by atoms with E-state index in [1.165, 1.54) is 29.5 Å². The number of nitrogens with one attached hydrogen (secondary N) is 2. The highest BCUT2D eigenvalue weighted by Gasteiger charge is 2.12. The highest BCUT2D eigenvalue weighted by Crippen LogP contribution is 2.14. The molecule has 0 atom stereocenters. The smallest absolute Gasteiger partial charge is 0.280 e. The van der Waals surface area contributed by atoms with E-state index in [0.29, 0.717) is 4.88 Å². The molecule has 3 N–H and O–H groups in total. The van der Waals surface area contributed by atoms with Gasteiger partial charge in [-0.1, -0.05) is 6.07 Å². The standard InChI is InChI=1S/C13H12N2O3S/c1-8-5-6-19-11(8)13(18)15-14-12(17)9-3-2-4-10(16)7-9/h2-7,16H,1H3,(H,14,17)(H,15,18).